The van der Waals surface area contributed by atoms with Gasteiger partial charge in [-0.15, -0.1) is 0 Å². The summed E-state index contributed by atoms with van der Waals surface area (Å²) < 4.78 is 0. The van der Waals surface area contributed by atoms with E-state index in [0.717, 1.165) is 9.52 Å². The van der Waals surface area contributed by atoms with E-state index >= 15 is 0 Å². The van der Waals surface area contributed by atoms with E-state index < -0.39 is 7.11 Å². The molecule has 0 bridgehead atoms. The van der Waals surface area contributed by atoms with Crippen molar-refractivity contribution in [2.24, 2.45) is 0 Å². The first-order valence-electron chi connectivity index (χ1n) is 37.9. The van der Waals surface area contributed by atoms with Crippen molar-refractivity contribution in [1.29, 1.82) is 0 Å². The van der Waals surface area contributed by atoms with Crippen LogP contribution in [-0.2, 0) is 0 Å². The fraction of sp³-hybridized carbons (Fsp3) is 0.600. The Bertz CT molecular complexity index is 3080. The average molecular weight is 1480 g/mol. The van der Waals surface area contributed by atoms with Gasteiger partial charge in [0, 0.05) is 35.2 Å². The second-order valence-electron chi connectivity index (χ2n) is 34.4. The Kier molecular flexibility index (Phi) is 33.7. The standard InChI is InChI=1S/C60H92Si3.C30H46Si.2Ge/c1-33(2)45-25-49(37(9)10)57(50(26-45)38(11)12)61-63(59-53(41(17)18)29-47(35(5)6)30-54(59)42(19)20,60-55(43(21)22)31-48(36(7)8)32-56(60)44(23)24)62-58-51(39(13)14)27-46(34(3)4)28-52(58)40(15)16;1-17(2)23-13-25(19(5)6)29(26(14-23)20(7)8)31-30-27(21(9)10)15-24(18(3)4)16-28(30)22(11)12;;/h25-44H,1-24H3;13-22H,1-12H3;;. The molecule has 0 aliphatic heterocycles. The molecule has 6 aromatic carbocycles. The zero-order valence-corrected chi connectivity index (χ0v) is 76.5. The van der Waals surface area contributed by atoms with Crippen molar-refractivity contribution < 1.29 is 0 Å². The molecule has 0 atom stereocenters. The fourth-order valence-corrected chi connectivity index (χ4v) is 35.1. The summed E-state index contributed by atoms with van der Waals surface area (Å²) in [5.74, 6) is 8.47. The second kappa shape index (κ2) is 36.9. The normalized spacial score (nSPS) is 12.6. The molecule has 522 valence electrons. The molecule has 0 heterocycles. The van der Waals surface area contributed by atoms with Crippen LogP contribution in [0.1, 0.15) is 456 Å². The summed E-state index contributed by atoms with van der Waals surface area (Å²) in [5.41, 5.74) is 28.1. The molecule has 0 N–H and O–H groups in total. The molecule has 6 rings (SSSR count). The Morgan fingerprint density at radius 3 is 0.427 bits per heavy atom. The van der Waals surface area contributed by atoms with Gasteiger partial charge in [-0.3, -0.25) is 0 Å². The zero-order valence-electron chi connectivity index (χ0n) is 68.3. The van der Waals surface area contributed by atoms with E-state index in [1.807, 2.05) is 0 Å². The Labute approximate surface area is 624 Å². The predicted octanol–water partition coefficient (Wildman–Crippen LogP) is 23.1. The predicted molar refractivity (Wildman–Crippen MR) is 445 cm³/mol. The first-order chi connectivity index (χ1) is 43.5. The Balaban J connectivity index is 0.000000611. The average Bonchev–Trinajstić information content (AvgIpc) is 0.718. The summed E-state index contributed by atoms with van der Waals surface area (Å²) in [6, 6.07) is 31.5. The van der Waals surface area contributed by atoms with Gasteiger partial charge in [-0.2, -0.15) is 0 Å². The van der Waals surface area contributed by atoms with E-state index in [0.29, 0.717) is 125 Å². The van der Waals surface area contributed by atoms with Crippen LogP contribution in [0.15, 0.2) is 72.8 Å². The minimum atomic E-state index is -2.92. The van der Waals surface area contributed by atoms with Crippen LogP contribution in [0.25, 0.3) is 0 Å². The zero-order chi connectivity index (χ0) is 71.4. The van der Waals surface area contributed by atoms with Crippen molar-refractivity contribution >= 4 is 101 Å². The van der Waals surface area contributed by atoms with Gasteiger partial charge in [0.2, 0.25) is 0 Å². The maximum absolute atomic E-state index is 2.92. The third-order valence-electron chi connectivity index (χ3n) is 20.4. The van der Waals surface area contributed by atoms with E-state index in [1.165, 1.54) is 33.4 Å². The number of benzene rings is 6. The van der Waals surface area contributed by atoms with Crippen LogP contribution in [-0.4, -0.2) is 69.9 Å². The van der Waals surface area contributed by atoms with Gasteiger partial charge >= 0.3 is 0 Å². The summed E-state index contributed by atoms with van der Waals surface area (Å²) in [5, 5.41) is 10.2. The third kappa shape index (κ3) is 20.3. The number of hydrogen-bond donors (Lipinski definition) is 0. The molecule has 0 fully saturated rings. The molecule has 0 aliphatic carbocycles. The van der Waals surface area contributed by atoms with Gasteiger partial charge in [0.1, 0.15) is 16.6 Å². The molecular formula is C90H138Ge2Si4. The maximum atomic E-state index is 2.71. The summed E-state index contributed by atoms with van der Waals surface area (Å²) in [7, 11) is -0.829. The van der Waals surface area contributed by atoms with E-state index in [9.17, 15) is 0 Å². The monoisotopic (exact) mass is 1480 g/mol. The molecular weight excluding hydrogens is 1340 g/mol. The molecule has 14 radical (unpaired) electrons. The van der Waals surface area contributed by atoms with E-state index in [2.05, 4.69) is 322 Å². The van der Waals surface area contributed by atoms with Crippen LogP contribution in [0.2, 0.25) is 0 Å². The molecule has 0 saturated heterocycles. The van der Waals surface area contributed by atoms with Gasteiger partial charge in [-0.05, 0) is 207 Å². The molecule has 0 spiro atoms. The number of rotatable bonds is 26. The first-order valence-corrected chi connectivity index (χ1v) is 44.9. The second-order valence-corrected chi connectivity index (χ2v) is 47.1. The third-order valence-corrected chi connectivity index (χ3v) is 36.1. The van der Waals surface area contributed by atoms with Crippen molar-refractivity contribution in [2.45, 2.75) is 356 Å². The summed E-state index contributed by atoms with van der Waals surface area (Å²) in [6.45, 7) is 87.4. The van der Waals surface area contributed by atoms with E-state index in [1.54, 1.807) is 97.9 Å². The molecule has 96 heavy (non-hydrogen) atoms. The van der Waals surface area contributed by atoms with Gasteiger partial charge < -0.3 is 0 Å². The Hall–Kier alpha value is -2.73. The van der Waals surface area contributed by atoms with Gasteiger partial charge in [0.15, 0.2) is 0 Å². The van der Waals surface area contributed by atoms with Crippen LogP contribution in [0, 0.1) is 0 Å². The molecule has 0 nitrogen and oxygen atoms in total. The van der Waals surface area contributed by atoms with Crippen molar-refractivity contribution in [2.75, 3.05) is 0 Å². The van der Waals surface area contributed by atoms with Crippen molar-refractivity contribution in [3.63, 3.8) is 0 Å². The van der Waals surface area contributed by atoms with Gasteiger partial charge in [-0.25, -0.2) is 0 Å². The minimum Gasteiger partial charge on any atom is -0.0599 e. The topological polar surface area (TPSA) is 0 Å². The summed E-state index contributed by atoms with van der Waals surface area (Å²) in [4.78, 5) is 0. The van der Waals surface area contributed by atoms with Crippen LogP contribution in [0.4, 0.5) is 0 Å². The van der Waals surface area contributed by atoms with Crippen LogP contribution < -0.4 is 31.1 Å². The fourth-order valence-electron chi connectivity index (χ4n) is 14.1. The molecule has 0 amide bonds. The van der Waals surface area contributed by atoms with Crippen LogP contribution in [0.5, 0.6) is 0 Å². The molecule has 6 heteroatoms. The van der Waals surface area contributed by atoms with Gasteiger partial charge in [-0.1, -0.05) is 353 Å². The summed E-state index contributed by atoms with van der Waals surface area (Å²) in [6.07, 6.45) is 0. The SMILES string of the molecule is CC(C)c1cc(C(C)C)c([Si][Si]([Si]c2c(C(C)C)cc(C(C)C)cc2C(C)C)(c2c(C(C)C)cc(C(C)C)cc2C(C)C)c2c(C(C)C)cc(C(C)C)cc2C(C)C)c(C(C)C)c1.CC(C)c1cc(C(C)C)c([Si]c2c(C(C)C)cc(C(C)C)cc2C(C)C)c(C(C)C)c1.[Ge].[Ge]. The van der Waals surface area contributed by atoms with Crippen LogP contribution >= 0.6 is 0 Å². The maximum Gasteiger partial charge on any atom is 0.123 e. The Morgan fingerprint density at radius 1 is 0.177 bits per heavy atom. The van der Waals surface area contributed by atoms with Gasteiger partial charge in [0.25, 0.3) is 0 Å². The quantitative estimate of drug-likeness (QED) is 0.0475. The molecule has 0 aliphatic rings. The van der Waals surface area contributed by atoms with Crippen molar-refractivity contribution in [3.05, 3.63) is 173 Å². The smallest absolute Gasteiger partial charge is 0.0599 e. The van der Waals surface area contributed by atoms with E-state index in [-0.39, 0.29) is 35.2 Å². The van der Waals surface area contributed by atoms with Gasteiger partial charge in [0.05, 0.1) is 18.1 Å². The summed E-state index contributed by atoms with van der Waals surface area (Å²) >= 11 is 0. The molecule has 0 unspecified atom stereocenters. The van der Waals surface area contributed by atoms with Crippen molar-refractivity contribution in [3.8, 4) is 0 Å². The molecule has 0 aromatic heterocycles. The number of hydrogen-bond acceptors (Lipinski definition) is 0. The van der Waals surface area contributed by atoms with E-state index in [4.69, 9.17) is 0 Å². The van der Waals surface area contributed by atoms with Crippen LogP contribution in [0.3, 0.4) is 0 Å². The minimum absolute atomic E-state index is 0. The molecule has 6 aromatic rings. The van der Waals surface area contributed by atoms with Crippen molar-refractivity contribution in [1.82, 2.24) is 0 Å². The largest absolute Gasteiger partial charge is 0.123 e. The Morgan fingerprint density at radius 2 is 0.302 bits per heavy atom. The molecule has 0 saturated carbocycles. The first kappa shape index (κ1) is 87.5.